The summed E-state index contributed by atoms with van der Waals surface area (Å²) in [7, 11) is 0. The minimum absolute atomic E-state index is 0.536. The van der Waals surface area contributed by atoms with Gasteiger partial charge < -0.3 is 4.90 Å². The molecule has 1 nitrogen and oxygen atoms in total. The molecule has 2 aliphatic rings. The van der Waals surface area contributed by atoms with Gasteiger partial charge in [-0.15, -0.1) is 0 Å². The molecule has 0 radical (unpaired) electrons. The van der Waals surface area contributed by atoms with Gasteiger partial charge in [0, 0.05) is 6.04 Å². The van der Waals surface area contributed by atoms with Crippen molar-refractivity contribution in [1.29, 1.82) is 0 Å². The summed E-state index contributed by atoms with van der Waals surface area (Å²) in [6, 6.07) is 0.943. The summed E-state index contributed by atoms with van der Waals surface area (Å²) in [5, 5.41) is 0. The van der Waals surface area contributed by atoms with E-state index < -0.39 is 0 Å². The minimum Gasteiger partial charge on any atom is -0.300 e. The van der Waals surface area contributed by atoms with Gasteiger partial charge in [0.25, 0.3) is 0 Å². The largest absolute Gasteiger partial charge is 0.300 e. The van der Waals surface area contributed by atoms with Gasteiger partial charge in [-0.3, -0.25) is 0 Å². The highest BCUT2D eigenvalue weighted by Gasteiger charge is 2.36. The van der Waals surface area contributed by atoms with Gasteiger partial charge in [-0.1, -0.05) is 20.8 Å². The van der Waals surface area contributed by atoms with Crippen molar-refractivity contribution in [2.24, 2.45) is 11.3 Å². The lowest BCUT2D eigenvalue weighted by Gasteiger charge is -2.41. The highest BCUT2D eigenvalue weighted by atomic mass is 15.2. The minimum atomic E-state index is 0.536. The van der Waals surface area contributed by atoms with Crippen LogP contribution in [0.1, 0.15) is 46.5 Å². The third-order valence-corrected chi connectivity index (χ3v) is 4.05. The molecule has 1 heteroatoms. The average Bonchev–Trinajstić information content (AvgIpc) is 2.47. The Balaban J connectivity index is 1.97. The molecule has 2 fully saturated rings. The summed E-state index contributed by atoms with van der Waals surface area (Å²) < 4.78 is 0. The van der Waals surface area contributed by atoms with Crippen LogP contribution in [-0.4, -0.2) is 24.0 Å². The molecule has 0 saturated carbocycles. The molecule has 2 unspecified atom stereocenters. The Bertz CT molecular complexity index is 180. The summed E-state index contributed by atoms with van der Waals surface area (Å²) in [6.07, 6.45) is 5.80. The van der Waals surface area contributed by atoms with Crippen LogP contribution in [0.25, 0.3) is 0 Å². The van der Waals surface area contributed by atoms with Gasteiger partial charge in [0.2, 0.25) is 0 Å². The lowest BCUT2D eigenvalue weighted by molar-refractivity contribution is 0.0877. The maximum atomic E-state index is 2.71. The van der Waals surface area contributed by atoms with E-state index >= 15 is 0 Å². The summed E-state index contributed by atoms with van der Waals surface area (Å²) >= 11 is 0. The van der Waals surface area contributed by atoms with E-state index in [2.05, 4.69) is 25.7 Å². The maximum Gasteiger partial charge on any atom is 0.00985 e. The van der Waals surface area contributed by atoms with E-state index in [-0.39, 0.29) is 0 Å². The summed E-state index contributed by atoms with van der Waals surface area (Å²) in [5.74, 6) is 0.965. The van der Waals surface area contributed by atoms with Crippen molar-refractivity contribution < 1.29 is 0 Å². The van der Waals surface area contributed by atoms with E-state index in [0.29, 0.717) is 5.41 Å². The maximum absolute atomic E-state index is 2.71. The van der Waals surface area contributed by atoms with Gasteiger partial charge in [-0.25, -0.2) is 0 Å². The number of hydrogen-bond acceptors (Lipinski definition) is 1. The lowest BCUT2D eigenvalue weighted by atomic mass is 9.73. The van der Waals surface area contributed by atoms with Crippen LogP contribution in [-0.2, 0) is 0 Å². The second kappa shape index (κ2) is 3.27. The second-order valence-corrected chi connectivity index (χ2v) is 5.92. The van der Waals surface area contributed by atoms with Crippen LogP contribution < -0.4 is 0 Å². The fraction of sp³-hybridized carbons (Fsp3) is 1.00. The van der Waals surface area contributed by atoms with Crippen LogP contribution in [0.15, 0.2) is 0 Å². The number of fused-ring (bicyclic) bond motifs is 1. The van der Waals surface area contributed by atoms with Gasteiger partial charge in [0.15, 0.2) is 0 Å². The van der Waals surface area contributed by atoms with Crippen LogP contribution in [0.2, 0.25) is 0 Å². The van der Waals surface area contributed by atoms with E-state index in [1.165, 1.54) is 38.8 Å². The predicted octanol–water partition coefficient (Wildman–Crippen LogP) is 2.91. The standard InChI is InChI=1S/C12H23N/c1-12(2,3)10-6-8-13-7-4-5-11(13)9-10/h10-11H,4-9H2,1-3H3. The van der Waals surface area contributed by atoms with E-state index in [4.69, 9.17) is 0 Å². The average molecular weight is 181 g/mol. The molecular formula is C12H23N. The zero-order chi connectivity index (χ0) is 9.47. The summed E-state index contributed by atoms with van der Waals surface area (Å²) in [4.78, 5) is 2.71. The van der Waals surface area contributed by atoms with Crippen LogP contribution in [0.4, 0.5) is 0 Å². The Kier molecular flexibility index (Phi) is 2.39. The first-order valence-corrected chi connectivity index (χ1v) is 5.81. The Morgan fingerprint density at radius 1 is 1.08 bits per heavy atom. The third-order valence-electron chi connectivity index (χ3n) is 4.05. The quantitative estimate of drug-likeness (QED) is 0.555. The smallest absolute Gasteiger partial charge is 0.00985 e. The molecule has 0 amide bonds. The molecule has 2 saturated heterocycles. The van der Waals surface area contributed by atoms with Crippen molar-refractivity contribution in [2.75, 3.05) is 13.1 Å². The van der Waals surface area contributed by atoms with Crippen LogP contribution in [0, 0.1) is 11.3 Å². The summed E-state index contributed by atoms with van der Waals surface area (Å²) in [5.41, 5.74) is 0.536. The molecule has 0 N–H and O–H groups in total. The third kappa shape index (κ3) is 1.90. The van der Waals surface area contributed by atoms with Crippen LogP contribution >= 0.6 is 0 Å². The number of rotatable bonds is 0. The van der Waals surface area contributed by atoms with Gasteiger partial charge in [-0.2, -0.15) is 0 Å². The fourth-order valence-corrected chi connectivity index (χ4v) is 3.01. The molecule has 13 heavy (non-hydrogen) atoms. The molecule has 2 heterocycles. The van der Waals surface area contributed by atoms with Crippen molar-refractivity contribution >= 4 is 0 Å². The van der Waals surface area contributed by atoms with E-state index in [1.54, 1.807) is 0 Å². The van der Waals surface area contributed by atoms with Crippen molar-refractivity contribution in [3.05, 3.63) is 0 Å². The molecule has 0 aromatic rings. The molecule has 0 aliphatic carbocycles. The lowest BCUT2D eigenvalue weighted by Crippen LogP contribution is -2.41. The van der Waals surface area contributed by atoms with Crippen molar-refractivity contribution in [3.63, 3.8) is 0 Å². The molecule has 76 valence electrons. The van der Waals surface area contributed by atoms with E-state index in [9.17, 15) is 0 Å². The molecule has 0 spiro atoms. The SMILES string of the molecule is CC(C)(C)C1CCN2CCCC2C1. The van der Waals surface area contributed by atoms with Crippen LogP contribution in [0.5, 0.6) is 0 Å². The first-order valence-electron chi connectivity index (χ1n) is 5.81. The van der Waals surface area contributed by atoms with Gasteiger partial charge in [0.1, 0.15) is 0 Å². The molecule has 2 rings (SSSR count). The zero-order valence-electron chi connectivity index (χ0n) is 9.34. The van der Waals surface area contributed by atoms with Gasteiger partial charge in [0.05, 0.1) is 0 Å². The first kappa shape index (κ1) is 9.51. The van der Waals surface area contributed by atoms with Gasteiger partial charge >= 0.3 is 0 Å². The first-order chi connectivity index (χ1) is 6.07. The number of piperidine rings is 1. The fourth-order valence-electron chi connectivity index (χ4n) is 3.01. The number of hydrogen-bond donors (Lipinski definition) is 0. The molecule has 2 atom stereocenters. The zero-order valence-corrected chi connectivity index (χ0v) is 9.34. The normalized spacial score (nSPS) is 36.2. The predicted molar refractivity (Wildman–Crippen MR) is 56.8 cm³/mol. The topological polar surface area (TPSA) is 3.24 Å². The Hall–Kier alpha value is -0.0400. The van der Waals surface area contributed by atoms with Crippen molar-refractivity contribution in [3.8, 4) is 0 Å². The van der Waals surface area contributed by atoms with Crippen LogP contribution in [0.3, 0.4) is 0 Å². The monoisotopic (exact) mass is 181 g/mol. The van der Waals surface area contributed by atoms with E-state index in [0.717, 1.165) is 12.0 Å². The highest BCUT2D eigenvalue weighted by Crippen LogP contribution is 2.39. The van der Waals surface area contributed by atoms with E-state index in [1.807, 2.05) is 0 Å². The Morgan fingerprint density at radius 2 is 1.85 bits per heavy atom. The Labute approximate surface area is 82.5 Å². The summed E-state index contributed by atoms with van der Waals surface area (Å²) in [6.45, 7) is 9.96. The molecule has 0 bridgehead atoms. The highest BCUT2D eigenvalue weighted by molar-refractivity contribution is 4.89. The molecule has 0 aromatic heterocycles. The second-order valence-electron chi connectivity index (χ2n) is 5.92. The molecule has 0 aromatic carbocycles. The van der Waals surface area contributed by atoms with Crippen molar-refractivity contribution in [2.45, 2.75) is 52.5 Å². The van der Waals surface area contributed by atoms with Gasteiger partial charge in [-0.05, 0) is 50.1 Å². The number of nitrogens with zero attached hydrogens (tertiary/aromatic N) is 1. The Morgan fingerprint density at radius 3 is 2.54 bits per heavy atom. The van der Waals surface area contributed by atoms with Crippen molar-refractivity contribution in [1.82, 2.24) is 4.90 Å². The molecule has 2 aliphatic heterocycles. The molecular weight excluding hydrogens is 158 g/mol.